The molecule has 0 atom stereocenters. The van der Waals surface area contributed by atoms with E-state index in [9.17, 15) is 4.79 Å². The Labute approximate surface area is 157 Å². The third-order valence-corrected chi connectivity index (χ3v) is 4.92. The van der Waals surface area contributed by atoms with Crippen LogP contribution < -0.4 is 4.74 Å². The fourth-order valence-electron chi connectivity index (χ4n) is 3.31. The minimum Gasteiger partial charge on any atom is -0.496 e. The van der Waals surface area contributed by atoms with Crippen LogP contribution >= 0.6 is 0 Å². The van der Waals surface area contributed by atoms with Gasteiger partial charge in [-0.15, -0.1) is 0 Å². The Morgan fingerprint density at radius 3 is 2.70 bits per heavy atom. The zero-order chi connectivity index (χ0) is 18.8. The van der Waals surface area contributed by atoms with E-state index in [2.05, 4.69) is 10.1 Å². The first-order valence-electron chi connectivity index (χ1n) is 8.95. The fourth-order valence-corrected chi connectivity index (χ4v) is 3.31. The van der Waals surface area contributed by atoms with Crippen LogP contribution in [0.15, 0.2) is 53.1 Å². The zero-order valence-corrected chi connectivity index (χ0v) is 15.4. The van der Waals surface area contributed by atoms with Crippen molar-refractivity contribution in [3.8, 4) is 5.75 Å². The quantitative estimate of drug-likeness (QED) is 0.696. The summed E-state index contributed by atoms with van der Waals surface area (Å²) < 4.78 is 10.8. The predicted molar refractivity (Wildman–Crippen MR) is 99.9 cm³/mol. The van der Waals surface area contributed by atoms with Crippen molar-refractivity contribution in [2.45, 2.75) is 19.3 Å². The summed E-state index contributed by atoms with van der Waals surface area (Å²) in [5.74, 6) is 2.17. The summed E-state index contributed by atoms with van der Waals surface area (Å²) in [6, 6.07) is 15.4. The van der Waals surface area contributed by atoms with Crippen molar-refractivity contribution in [1.29, 1.82) is 0 Å². The highest BCUT2D eigenvalue weighted by molar-refractivity contribution is 5.96. The highest BCUT2D eigenvalue weighted by atomic mass is 16.5. The molecule has 0 unspecified atom stereocenters. The molecular weight excluding hydrogens is 342 g/mol. The van der Waals surface area contributed by atoms with Crippen LogP contribution in [0.4, 0.5) is 0 Å². The number of likely N-dealkylation sites (tertiary alicyclic amines) is 1. The van der Waals surface area contributed by atoms with E-state index in [4.69, 9.17) is 9.26 Å². The number of ether oxygens (including phenoxy) is 1. The van der Waals surface area contributed by atoms with Gasteiger partial charge in [0, 0.05) is 30.6 Å². The van der Waals surface area contributed by atoms with Crippen LogP contribution in [0, 0.1) is 6.92 Å². The SMILES string of the molecule is COc1ccccc1Cc1noc(C2CN(C(=O)c3ccccc3C)C2)n1. The second-order valence-corrected chi connectivity index (χ2v) is 6.76. The number of amides is 1. The number of carbonyl (C=O) groups excluding carboxylic acids is 1. The van der Waals surface area contributed by atoms with Crippen molar-refractivity contribution >= 4 is 5.91 Å². The van der Waals surface area contributed by atoms with E-state index in [0.29, 0.717) is 31.2 Å². The van der Waals surface area contributed by atoms with Crippen molar-refractivity contribution in [2.75, 3.05) is 20.2 Å². The number of aryl methyl sites for hydroxylation is 1. The summed E-state index contributed by atoms with van der Waals surface area (Å²) in [6.45, 7) is 3.15. The van der Waals surface area contributed by atoms with Crippen molar-refractivity contribution in [3.63, 3.8) is 0 Å². The number of aromatic nitrogens is 2. The molecule has 4 rings (SSSR count). The normalized spacial score (nSPS) is 14.1. The monoisotopic (exact) mass is 363 g/mol. The van der Waals surface area contributed by atoms with Crippen LogP contribution in [-0.2, 0) is 6.42 Å². The number of hydrogen-bond donors (Lipinski definition) is 0. The highest BCUT2D eigenvalue weighted by Gasteiger charge is 2.36. The number of carbonyl (C=O) groups is 1. The van der Waals surface area contributed by atoms with Gasteiger partial charge in [0.05, 0.1) is 13.0 Å². The molecule has 6 heteroatoms. The molecule has 0 radical (unpaired) electrons. The molecule has 2 heterocycles. The van der Waals surface area contributed by atoms with Gasteiger partial charge in [-0.05, 0) is 24.6 Å². The minimum atomic E-state index is 0.0538. The number of methoxy groups -OCH3 is 1. The van der Waals surface area contributed by atoms with Gasteiger partial charge < -0.3 is 14.2 Å². The van der Waals surface area contributed by atoms with Crippen LogP contribution in [0.1, 0.15) is 39.1 Å². The Bertz CT molecular complexity index is 961. The van der Waals surface area contributed by atoms with E-state index in [1.54, 1.807) is 7.11 Å². The fraction of sp³-hybridized carbons (Fsp3) is 0.286. The number of hydrogen-bond acceptors (Lipinski definition) is 5. The summed E-state index contributed by atoms with van der Waals surface area (Å²) in [4.78, 5) is 18.9. The van der Waals surface area contributed by atoms with Gasteiger partial charge >= 0.3 is 0 Å². The molecule has 1 saturated heterocycles. The predicted octanol–water partition coefficient (Wildman–Crippen LogP) is 3.22. The first-order chi connectivity index (χ1) is 13.2. The number of nitrogens with zero attached hydrogens (tertiary/aromatic N) is 3. The maximum atomic E-state index is 12.6. The molecule has 1 aliphatic heterocycles. The summed E-state index contributed by atoms with van der Waals surface area (Å²) in [7, 11) is 1.65. The van der Waals surface area contributed by atoms with E-state index in [1.807, 2.05) is 60.4 Å². The average Bonchev–Trinajstić information content (AvgIpc) is 3.09. The van der Waals surface area contributed by atoms with Crippen LogP contribution in [0.3, 0.4) is 0 Å². The number of rotatable bonds is 5. The molecule has 1 fully saturated rings. The molecule has 2 aromatic carbocycles. The molecule has 1 amide bonds. The molecule has 138 valence electrons. The summed E-state index contributed by atoms with van der Waals surface area (Å²) in [5, 5.41) is 4.09. The van der Waals surface area contributed by atoms with Crippen LogP contribution in [-0.4, -0.2) is 41.1 Å². The number of benzene rings is 2. The highest BCUT2D eigenvalue weighted by Crippen LogP contribution is 2.28. The van der Waals surface area contributed by atoms with Gasteiger partial charge in [-0.25, -0.2) is 0 Å². The Morgan fingerprint density at radius 2 is 1.93 bits per heavy atom. The van der Waals surface area contributed by atoms with Crippen molar-refractivity contribution < 1.29 is 14.1 Å². The van der Waals surface area contributed by atoms with Crippen LogP contribution in [0.2, 0.25) is 0 Å². The standard InChI is InChI=1S/C21H21N3O3/c1-14-7-3-5-9-17(14)21(25)24-12-16(13-24)20-22-19(23-27-20)11-15-8-4-6-10-18(15)26-2/h3-10,16H,11-13H2,1-2H3. The lowest BCUT2D eigenvalue weighted by Crippen LogP contribution is -2.48. The first kappa shape index (κ1) is 17.3. The summed E-state index contributed by atoms with van der Waals surface area (Å²) in [6.07, 6.45) is 0.548. The van der Waals surface area contributed by atoms with Crippen molar-refractivity contribution in [2.24, 2.45) is 0 Å². The molecule has 3 aromatic rings. The molecule has 0 N–H and O–H groups in total. The molecule has 27 heavy (non-hydrogen) atoms. The Balaban J connectivity index is 1.39. The van der Waals surface area contributed by atoms with Gasteiger partial charge in [-0.1, -0.05) is 41.6 Å². The largest absolute Gasteiger partial charge is 0.496 e. The van der Waals surface area contributed by atoms with E-state index < -0.39 is 0 Å². The van der Waals surface area contributed by atoms with Crippen LogP contribution in [0.25, 0.3) is 0 Å². The van der Waals surface area contributed by atoms with E-state index in [-0.39, 0.29) is 11.8 Å². The lowest BCUT2D eigenvalue weighted by atomic mass is 9.97. The lowest BCUT2D eigenvalue weighted by Gasteiger charge is -2.37. The molecule has 0 bridgehead atoms. The van der Waals surface area contributed by atoms with E-state index >= 15 is 0 Å². The third-order valence-electron chi connectivity index (χ3n) is 4.92. The molecule has 1 aliphatic rings. The maximum Gasteiger partial charge on any atom is 0.254 e. The summed E-state index contributed by atoms with van der Waals surface area (Å²) in [5.41, 5.74) is 2.75. The van der Waals surface area contributed by atoms with Gasteiger partial charge in [-0.2, -0.15) is 4.98 Å². The third kappa shape index (κ3) is 3.43. The maximum absolute atomic E-state index is 12.6. The molecular formula is C21H21N3O3. The second-order valence-electron chi connectivity index (χ2n) is 6.76. The zero-order valence-electron chi connectivity index (χ0n) is 15.4. The van der Waals surface area contributed by atoms with Gasteiger partial charge in [0.25, 0.3) is 5.91 Å². The van der Waals surface area contributed by atoms with Gasteiger partial charge in [-0.3, -0.25) is 4.79 Å². The first-order valence-corrected chi connectivity index (χ1v) is 8.95. The Kier molecular flexibility index (Phi) is 4.62. The molecule has 0 saturated carbocycles. The summed E-state index contributed by atoms with van der Waals surface area (Å²) >= 11 is 0. The van der Waals surface area contributed by atoms with E-state index in [1.165, 1.54) is 0 Å². The smallest absolute Gasteiger partial charge is 0.254 e. The molecule has 0 aliphatic carbocycles. The topological polar surface area (TPSA) is 68.5 Å². The van der Waals surface area contributed by atoms with Crippen molar-refractivity contribution in [1.82, 2.24) is 15.0 Å². The molecule has 0 spiro atoms. The Hall–Kier alpha value is -3.15. The number of para-hydroxylation sites is 1. The van der Waals surface area contributed by atoms with E-state index in [0.717, 1.165) is 22.4 Å². The van der Waals surface area contributed by atoms with Crippen molar-refractivity contribution in [3.05, 3.63) is 76.9 Å². The Morgan fingerprint density at radius 1 is 1.19 bits per heavy atom. The lowest BCUT2D eigenvalue weighted by molar-refractivity contribution is 0.0568. The average molecular weight is 363 g/mol. The molecule has 1 aromatic heterocycles. The van der Waals surface area contributed by atoms with Gasteiger partial charge in [0.15, 0.2) is 5.82 Å². The second kappa shape index (κ2) is 7.23. The minimum absolute atomic E-state index is 0.0538. The van der Waals surface area contributed by atoms with Gasteiger partial charge in [0.1, 0.15) is 5.75 Å². The van der Waals surface area contributed by atoms with Gasteiger partial charge in [0.2, 0.25) is 5.89 Å². The van der Waals surface area contributed by atoms with Crippen LogP contribution in [0.5, 0.6) is 5.75 Å². The molecule has 6 nitrogen and oxygen atoms in total.